The molecule has 0 aliphatic rings. The van der Waals surface area contributed by atoms with Gasteiger partial charge in [-0.3, -0.25) is 4.40 Å². The number of hydrogen-bond donors (Lipinski definition) is 1. The molecule has 3 nitrogen and oxygen atoms in total. The van der Waals surface area contributed by atoms with Crippen LogP contribution >= 0.6 is 27.3 Å². The van der Waals surface area contributed by atoms with E-state index in [-0.39, 0.29) is 0 Å². The van der Waals surface area contributed by atoms with Crippen molar-refractivity contribution in [3.05, 3.63) is 40.3 Å². The number of thiophene rings is 1. The number of nitrogen functional groups attached to an aromatic ring is 1. The summed E-state index contributed by atoms with van der Waals surface area (Å²) in [6.07, 6.45) is 1.92. The fraction of sp³-hybridized carbons (Fsp3) is 0. The summed E-state index contributed by atoms with van der Waals surface area (Å²) in [5, 5.41) is 2.03. The van der Waals surface area contributed by atoms with Crippen molar-refractivity contribution in [2.24, 2.45) is 0 Å². The quantitative estimate of drug-likeness (QED) is 0.747. The number of anilines is 1. The highest BCUT2D eigenvalue weighted by Crippen LogP contribution is 2.33. The minimum absolute atomic E-state index is 0.685. The number of halogens is 1. The Balaban J connectivity index is 2.28. The standard InChI is InChI=1S/C11H8BrN3S/c12-7-5-8(16-6-7)10-11(13)15-4-2-1-3-9(15)14-10/h1-6H,13H2. The van der Waals surface area contributed by atoms with Crippen molar-refractivity contribution in [2.45, 2.75) is 0 Å². The Labute approximate surface area is 105 Å². The zero-order valence-electron chi connectivity index (χ0n) is 8.22. The number of nitrogens with zero attached hydrogens (tertiary/aromatic N) is 2. The predicted molar refractivity (Wildman–Crippen MR) is 70.6 cm³/mol. The van der Waals surface area contributed by atoms with Gasteiger partial charge in [-0.05, 0) is 34.1 Å². The van der Waals surface area contributed by atoms with E-state index >= 15 is 0 Å². The Morgan fingerprint density at radius 2 is 2.25 bits per heavy atom. The largest absolute Gasteiger partial charge is 0.383 e. The molecule has 0 aliphatic heterocycles. The zero-order valence-corrected chi connectivity index (χ0v) is 10.6. The van der Waals surface area contributed by atoms with Crippen molar-refractivity contribution in [1.29, 1.82) is 0 Å². The number of nitrogens with two attached hydrogens (primary N) is 1. The van der Waals surface area contributed by atoms with Crippen LogP contribution in [0.4, 0.5) is 5.82 Å². The molecule has 0 aliphatic carbocycles. The number of pyridine rings is 1. The molecule has 0 spiro atoms. The number of imidazole rings is 1. The van der Waals surface area contributed by atoms with Gasteiger partial charge in [0, 0.05) is 16.0 Å². The van der Waals surface area contributed by atoms with Gasteiger partial charge in [-0.25, -0.2) is 4.98 Å². The van der Waals surface area contributed by atoms with E-state index in [4.69, 9.17) is 5.73 Å². The van der Waals surface area contributed by atoms with E-state index in [2.05, 4.69) is 20.9 Å². The van der Waals surface area contributed by atoms with E-state index in [9.17, 15) is 0 Å². The van der Waals surface area contributed by atoms with Gasteiger partial charge >= 0.3 is 0 Å². The van der Waals surface area contributed by atoms with Crippen molar-refractivity contribution < 1.29 is 0 Å². The second-order valence-corrected chi connectivity index (χ2v) is 5.23. The Bertz CT molecular complexity index is 656. The van der Waals surface area contributed by atoms with Crippen molar-refractivity contribution in [2.75, 3.05) is 5.73 Å². The summed E-state index contributed by atoms with van der Waals surface area (Å²) in [6, 6.07) is 7.88. The van der Waals surface area contributed by atoms with Gasteiger partial charge in [0.2, 0.25) is 0 Å². The van der Waals surface area contributed by atoms with E-state index in [1.54, 1.807) is 11.3 Å². The minimum atomic E-state index is 0.685. The third kappa shape index (κ3) is 1.44. The van der Waals surface area contributed by atoms with Crippen LogP contribution in [0.3, 0.4) is 0 Å². The maximum absolute atomic E-state index is 6.07. The minimum Gasteiger partial charge on any atom is -0.383 e. The second-order valence-electron chi connectivity index (χ2n) is 3.40. The number of hydrogen-bond acceptors (Lipinski definition) is 3. The maximum Gasteiger partial charge on any atom is 0.139 e. The molecule has 2 N–H and O–H groups in total. The lowest BCUT2D eigenvalue weighted by Crippen LogP contribution is -1.92. The van der Waals surface area contributed by atoms with Crippen LogP contribution in [0, 0.1) is 0 Å². The first-order valence-electron chi connectivity index (χ1n) is 4.72. The van der Waals surface area contributed by atoms with Gasteiger partial charge in [0.05, 0.1) is 4.88 Å². The zero-order chi connectivity index (χ0) is 11.1. The highest BCUT2D eigenvalue weighted by Gasteiger charge is 2.12. The molecule has 5 heteroatoms. The highest BCUT2D eigenvalue weighted by molar-refractivity contribution is 9.10. The average molecular weight is 294 g/mol. The summed E-state index contributed by atoms with van der Waals surface area (Å²) < 4.78 is 2.95. The van der Waals surface area contributed by atoms with Gasteiger partial charge in [0.25, 0.3) is 0 Å². The molecule has 0 amide bonds. The Kier molecular flexibility index (Phi) is 2.22. The van der Waals surface area contributed by atoms with Crippen LogP contribution in [0.15, 0.2) is 40.3 Å². The molecule has 3 heterocycles. The third-order valence-corrected chi connectivity index (χ3v) is 4.07. The number of rotatable bonds is 1. The van der Waals surface area contributed by atoms with E-state index in [1.807, 2.05) is 40.2 Å². The van der Waals surface area contributed by atoms with Crippen LogP contribution in [0.2, 0.25) is 0 Å². The van der Waals surface area contributed by atoms with Crippen LogP contribution in [0.5, 0.6) is 0 Å². The lowest BCUT2D eigenvalue weighted by Gasteiger charge is -1.95. The van der Waals surface area contributed by atoms with Crippen molar-refractivity contribution in [3.63, 3.8) is 0 Å². The van der Waals surface area contributed by atoms with Gasteiger partial charge in [0.1, 0.15) is 17.2 Å². The lowest BCUT2D eigenvalue weighted by molar-refractivity contribution is 1.20. The fourth-order valence-corrected chi connectivity index (χ4v) is 3.06. The average Bonchev–Trinajstić information content (AvgIpc) is 2.84. The molecule has 0 aromatic carbocycles. The Morgan fingerprint density at radius 3 is 2.94 bits per heavy atom. The van der Waals surface area contributed by atoms with Crippen LogP contribution in [-0.2, 0) is 0 Å². The SMILES string of the molecule is Nc1c(-c2cc(Br)cs2)nc2ccccn12. The Morgan fingerprint density at radius 1 is 1.38 bits per heavy atom. The summed E-state index contributed by atoms with van der Waals surface area (Å²) in [5.74, 6) is 0.685. The fourth-order valence-electron chi connectivity index (χ4n) is 1.63. The second kappa shape index (κ2) is 3.61. The van der Waals surface area contributed by atoms with E-state index in [0.717, 1.165) is 20.7 Å². The van der Waals surface area contributed by atoms with Gasteiger partial charge < -0.3 is 5.73 Å². The van der Waals surface area contributed by atoms with Crippen molar-refractivity contribution in [3.8, 4) is 10.6 Å². The van der Waals surface area contributed by atoms with Crippen LogP contribution in [0.25, 0.3) is 16.2 Å². The molecule has 0 bridgehead atoms. The molecule has 3 aromatic heterocycles. The molecule has 0 radical (unpaired) electrons. The molecule has 0 saturated heterocycles. The number of fused-ring (bicyclic) bond motifs is 1. The van der Waals surface area contributed by atoms with Crippen LogP contribution < -0.4 is 5.73 Å². The molecule has 0 unspecified atom stereocenters. The summed E-state index contributed by atoms with van der Waals surface area (Å²) in [7, 11) is 0. The molecule has 0 saturated carbocycles. The smallest absolute Gasteiger partial charge is 0.139 e. The normalized spacial score (nSPS) is 11.1. The van der Waals surface area contributed by atoms with Crippen molar-refractivity contribution >= 4 is 38.7 Å². The summed E-state index contributed by atoms with van der Waals surface area (Å²) >= 11 is 5.06. The van der Waals surface area contributed by atoms with E-state index < -0.39 is 0 Å². The molecule has 3 rings (SSSR count). The first-order valence-corrected chi connectivity index (χ1v) is 6.40. The maximum atomic E-state index is 6.07. The first-order chi connectivity index (χ1) is 7.75. The highest BCUT2D eigenvalue weighted by atomic mass is 79.9. The molecule has 16 heavy (non-hydrogen) atoms. The van der Waals surface area contributed by atoms with Gasteiger partial charge in [-0.15, -0.1) is 11.3 Å². The van der Waals surface area contributed by atoms with Gasteiger partial charge in [0.15, 0.2) is 0 Å². The van der Waals surface area contributed by atoms with Crippen LogP contribution in [-0.4, -0.2) is 9.38 Å². The summed E-state index contributed by atoms with van der Waals surface area (Å²) in [4.78, 5) is 5.60. The van der Waals surface area contributed by atoms with Gasteiger partial charge in [-0.1, -0.05) is 6.07 Å². The topological polar surface area (TPSA) is 43.3 Å². The predicted octanol–water partition coefficient (Wildman–Crippen LogP) is 3.41. The summed E-state index contributed by atoms with van der Waals surface area (Å²) in [6.45, 7) is 0. The van der Waals surface area contributed by atoms with Gasteiger partial charge in [-0.2, -0.15) is 0 Å². The van der Waals surface area contributed by atoms with E-state index in [0.29, 0.717) is 5.82 Å². The molecular formula is C11H8BrN3S. The molecule has 0 atom stereocenters. The lowest BCUT2D eigenvalue weighted by atomic mass is 10.3. The molecule has 3 aromatic rings. The molecular weight excluding hydrogens is 286 g/mol. The van der Waals surface area contributed by atoms with Crippen LogP contribution in [0.1, 0.15) is 0 Å². The molecule has 0 fully saturated rings. The monoisotopic (exact) mass is 293 g/mol. The first kappa shape index (κ1) is 9.86. The molecule has 80 valence electrons. The van der Waals surface area contributed by atoms with E-state index in [1.165, 1.54) is 0 Å². The summed E-state index contributed by atoms with van der Waals surface area (Å²) in [5.41, 5.74) is 7.80. The van der Waals surface area contributed by atoms with Crippen molar-refractivity contribution in [1.82, 2.24) is 9.38 Å². The number of aromatic nitrogens is 2. The third-order valence-electron chi connectivity index (χ3n) is 2.37. The Hall–Kier alpha value is -1.33.